The predicted octanol–water partition coefficient (Wildman–Crippen LogP) is 1.70. The van der Waals surface area contributed by atoms with Crippen molar-refractivity contribution >= 4 is 11.6 Å². The first-order chi connectivity index (χ1) is 12.6. The Morgan fingerprint density at radius 2 is 1.92 bits per heavy atom. The Balaban J connectivity index is 1.21. The van der Waals surface area contributed by atoms with Crippen molar-refractivity contribution < 1.29 is 4.79 Å². The maximum atomic E-state index is 12.6. The largest absolute Gasteiger partial charge is 0.369 e. The van der Waals surface area contributed by atoms with Crippen molar-refractivity contribution in [1.29, 1.82) is 0 Å². The molecule has 2 atom stereocenters. The van der Waals surface area contributed by atoms with E-state index in [2.05, 4.69) is 41.0 Å². The summed E-state index contributed by atoms with van der Waals surface area (Å²) >= 11 is 0. The number of likely N-dealkylation sites (tertiary alicyclic amines) is 1. The highest BCUT2D eigenvalue weighted by molar-refractivity contribution is 5.76. The Bertz CT molecular complexity index is 637. The molecule has 1 aliphatic carbocycles. The van der Waals surface area contributed by atoms with Gasteiger partial charge in [-0.3, -0.25) is 9.69 Å². The van der Waals surface area contributed by atoms with Crippen LogP contribution in [0.1, 0.15) is 24.8 Å². The second-order valence-corrected chi connectivity index (χ2v) is 8.38. The fourth-order valence-corrected chi connectivity index (χ4v) is 4.55. The first-order valence-corrected chi connectivity index (χ1v) is 10.2. The van der Waals surface area contributed by atoms with Gasteiger partial charge in [0.05, 0.1) is 0 Å². The van der Waals surface area contributed by atoms with E-state index in [1.807, 2.05) is 4.90 Å². The van der Waals surface area contributed by atoms with Gasteiger partial charge in [0.2, 0.25) is 5.91 Å². The van der Waals surface area contributed by atoms with E-state index < -0.39 is 0 Å². The third-order valence-corrected chi connectivity index (χ3v) is 6.37. The maximum absolute atomic E-state index is 12.6. The Hall–Kier alpha value is -1.59. The van der Waals surface area contributed by atoms with Crippen LogP contribution in [0.25, 0.3) is 0 Å². The van der Waals surface area contributed by atoms with Crippen molar-refractivity contribution in [2.75, 3.05) is 50.7 Å². The number of nitrogens with two attached hydrogens (primary N) is 1. The number of carbonyl (C=O) groups excluding carboxylic acids is 1. The minimum absolute atomic E-state index is 0.198. The van der Waals surface area contributed by atoms with Crippen molar-refractivity contribution in [3.8, 4) is 0 Å². The lowest BCUT2D eigenvalue weighted by Gasteiger charge is -2.36. The Morgan fingerprint density at radius 3 is 2.62 bits per heavy atom. The van der Waals surface area contributed by atoms with Gasteiger partial charge < -0.3 is 15.5 Å². The summed E-state index contributed by atoms with van der Waals surface area (Å²) in [5, 5.41) is 0. The molecule has 5 nitrogen and oxygen atoms in total. The molecule has 0 spiro atoms. The van der Waals surface area contributed by atoms with Gasteiger partial charge in [-0.25, -0.2) is 0 Å². The molecule has 3 aliphatic rings. The monoisotopic (exact) mass is 356 g/mol. The smallest absolute Gasteiger partial charge is 0.223 e. The number of aryl methyl sites for hydroxylation is 1. The third-order valence-electron chi connectivity index (χ3n) is 6.37. The van der Waals surface area contributed by atoms with E-state index in [9.17, 15) is 4.79 Å². The van der Waals surface area contributed by atoms with Crippen molar-refractivity contribution in [1.82, 2.24) is 9.80 Å². The molecule has 0 unspecified atom stereocenters. The molecule has 0 radical (unpaired) electrons. The number of anilines is 1. The normalized spacial score (nSPS) is 27.2. The van der Waals surface area contributed by atoms with Crippen molar-refractivity contribution in [3.05, 3.63) is 29.8 Å². The van der Waals surface area contributed by atoms with Crippen molar-refractivity contribution in [3.63, 3.8) is 0 Å². The van der Waals surface area contributed by atoms with Crippen molar-refractivity contribution in [2.45, 2.75) is 32.2 Å². The summed E-state index contributed by atoms with van der Waals surface area (Å²) < 4.78 is 0. The molecule has 0 bridgehead atoms. The number of hydrogen-bond donors (Lipinski definition) is 1. The number of amides is 1. The Morgan fingerprint density at radius 1 is 1.15 bits per heavy atom. The van der Waals surface area contributed by atoms with Gasteiger partial charge in [0, 0.05) is 64.0 Å². The summed E-state index contributed by atoms with van der Waals surface area (Å²) in [7, 11) is 0. The molecule has 5 heteroatoms. The molecular weight excluding hydrogens is 324 g/mol. The van der Waals surface area contributed by atoms with E-state index in [1.54, 1.807) is 0 Å². The van der Waals surface area contributed by atoms with Gasteiger partial charge >= 0.3 is 0 Å². The van der Waals surface area contributed by atoms with Crippen LogP contribution in [0.2, 0.25) is 0 Å². The number of nitrogens with zero attached hydrogens (tertiary/aromatic N) is 3. The second kappa shape index (κ2) is 7.57. The number of hydrogen-bond acceptors (Lipinski definition) is 4. The summed E-state index contributed by atoms with van der Waals surface area (Å²) in [4.78, 5) is 19.5. The number of piperazine rings is 1. The first-order valence-electron chi connectivity index (χ1n) is 10.2. The average molecular weight is 357 g/mol. The van der Waals surface area contributed by atoms with Crippen LogP contribution in [0.3, 0.4) is 0 Å². The highest BCUT2D eigenvalue weighted by atomic mass is 16.2. The summed E-state index contributed by atoms with van der Waals surface area (Å²) in [6.07, 6.45) is 3.26. The molecule has 1 amide bonds. The highest BCUT2D eigenvalue weighted by Gasteiger charge is 2.42. The summed E-state index contributed by atoms with van der Waals surface area (Å²) in [5.41, 5.74) is 8.89. The van der Waals surface area contributed by atoms with E-state index >= 15 is 0 Å². The molecule has 1 aromatic carbocycles. The molecule has 2 aliphatic heterocycles. The van der Waals surface area contributed by atoms with Gasteiger partial charge in [0.1, 0.15) is 0 Å². The molecule has 1 saturated carbocycles. The zero-order chi connectivity index (χ0) is 18.1. The van der Waals surface area contributed by atoms with Gasteiger partial charge in [-0.15, -0.1) is 0 Å². The average Bonchev–Trinajstić information content (AvgIpc) is 3.42. The van der Waals surface area contributed by atoms with E-state index in [0.717, 1.165) is 51.7 Å². The topological polar surface area (TPSA) is 52.8 Å². The van der Waals surface area contributed by atoms with E-state index in [4.69, 9.17) is 5.73 Å². The Kier molecular flexibility index (Phi) is 5.18. The number of rotatable bonds is 5. The molecule has 1 aromatic rings. The van der Waals surface area contributed by atoms with Crippen LogP contribution in [0.5, 0.6) is 0 Å². The molecular formula is C21H32N4O. The number of benzene rings is 1. The lowest BCUT2D eigenvalue weighted by atomic mass is 9.99. The van der Waals surface area contributed by atoms with E-state index in [0.29, 0.717) is 18.2 Å². The van der Waals surface area contributed by atoms with Crippen LogP contribution >= 0.6 is 0 Å². The molecule has 2 heterocycles. The van der Waals surface area contributed by atoms with Gasteiger partial charge in [-0.05, 0) is 49.3 Å². The minimum Gasteiger partial charge on any atom is -0.369 e. The van der Waals surface area contributed by atoms with Crippen LogP contribution in [-0.2, 0) is 4.79 Å². The van der Waals surface area contributed by atoms with Crippen molar-refractivity contribution in [2.24, 2.45) is 17.6 Å². The van der Waals surface area contributed by atoms with Crippen LogP contribution < -0.4 is 10.6 Å². The molecule has 2 N–H and O–H groups in total. The third kappa shape index (κ3) is 4.04. The summed E-state index contributed by atoms with van der Waals surface area (Å²) in [5.74, 6) is 1.64. The molecule has 3 fully saturated rings. The standard InChI is InChI=1S/C21H32N4O/c1-16-3-2-4-18(13-16)24-11-9-23(10-12-24)8-7-21(26)25-14-19(17-5-6-17)20(22)15-25/h2-4,13,17,19-20H,5-12,14-15,22H2,1H3/t19-,20+/m1/s1. The zero-order valence-electron chi connectivity index (χ0n) is 15.9. The maximum Gasteiger partial charge on any atom is 0.223 e. The second-order valence-electron chi connectivity index (χ2n) is 8.38. The zero-order valence-corrected chi connectivity index (χ0v) is 15.9. The van der Waals surface area contributed by atoms with E-state index in [1.165, 1.54) is 24.1 Å². The fraction of sp³-hybridized carbons (Fsp3) is 0.667. The Labute approximate surface area is 157 Å². The quantitative estimate of drug-likeness (QED) is 0.873. The SMILES string of the molecule is Cc1cccc(N2CCN(CCC(=O)N3C[C@H](C4CC4)[C@@H](N)C3)CC2)c1. The van der Waals surface area contributed by atoms with Gasteiger partial charge in [0.15, 0.2) is 0 Å². The van der Waals surface area contributed by atoms with Crippen LogP contribution in [0, 0.1) is 18.8 Å². The van der Waals surface area contributed by atoms with Gasteiger partial charge in [-0.1, -0.05) is 12.1 Å². The molecule has 26 heavy (non-hydrogen) atoms. The minimum atomic E-state index is 0.198. The molecule has 2 saturated heterocycles. The van der Waals surface area contributed by atoms with E-state index in [-0.39, 0.29) is 6.04 Å². The van der Waals surface area contributed by atoms with Gasteiger partial charge in [0.25, 0.3) is 0 Å². The lowest BCUT2D eigenvalue weighted by Crippen LogP contribution is -2.47. The van der Waals surface area contributed by atoms with Crippen LogP contribution in [0.4, 0.5) is 5.69 Å². The summed E-state index contributed by atoms with van der Waals surface area (Å²) in [6.45, 7) is 8.82. The summed E-state index contributed by atoms with van der Waals surface area (Å²) in [6, 6.07) is 8.92. The molecule has 142 valence electrons. The lowest BCUT2D eigenvalue weighted by molar-refractivity contribution is -0.130. The first kappa shape index (κ1) is 17.8. The number of carbonyl (C=O) groups is 1. The van der Waals surface area contributed by atoms with Crippen LogP contribution in [0.15, 0.2) is 24.3 Å². The fourth-order valence-electron chi connectivity index (χ4n) is 4.55. The molecule has 0 aromatic heterocycles. The van der Waals surface area contributed by atoms with Crippen LogP contribution in [-0.4, -0.2) is 67.6 Å². The van der Waals surface area contributed by atoms with Gasteiger partial charge in [-0.2, -0.15) is 0 Å². The molecule has 4 rings (SSSR count). The predicted molar refractivity (Wildman–Crippen MR) is 105 cm³/mol. The highest BCUT2D eigenvalue weighted by Crippen LogP contribution is 2.40.